The molecule has 0 spiro atoms. The second kappa shape index (κ2) is 3.36. The first-order chi connectivity index (χ1) is 4.04. The van der Waals surface area contributed by atoms with Crippen LogP contribution in [0.2, 0.25) is 0 Å². The summed E-state index contributed by atoms with van der Waals surface area (Å²) in [5.74, 6) is -0.125. The van der Waals surface area contributed by atoms with E-state index in [4.69, 9.17) is 16.7 Å². The molecule has 0 aromatic heterocycles. The highest BCUT2D eigenvalue weighted by Gasteiger charge is 1.92. The topological polar surface area (TPSA) is 20.2 Å². The Balaban J connectivity index is 4.17. The summed E-state index contributed by atoms with van der Waals surface area (Å²) in [6.45, 7) is 8.57. The maximum atomic E-state index is 8.63. The van der Waals surface area contributed by atoms with E-state index in [0.29, 0.717) is 0 Å². The van der Waals surface area contributed by atoms with Crippen molar-refractivity contribution in [3.8, 4) is 0 Å². The summed E-state index contributed by atoms with van der Waals surface area (Å²) in [5, 5.41) is 8.87. The maximum Gasteiger partial charge on any atom is 0.127 e. The van der Waals surface area contributed by atoms with Crippen molar-refractivity contribution < 1.29 is 5.11 Å². The highest BCUT2D eigenvalue weighted by molar-refractivity contribution is 6.31. The van der Waals surface area contributed by atoms with Crippen LogP contribution in [0.25, 0.3) is 0 Å². The lowest BCUT2D eigenvalue weighted by Crippen LogP contribution is -1.76. The number of hydrogen-bond acceptors (Lipinski definition) is 1. The predicted octanol–water partition coefficient (Wildman–Crippen LogP) is 2.76. The Kier molecular flexibility index (Phi) is 3.10. The van der Waals surface area contributed by atoms with E-state index < -0.39 is 0 Å². The first-order valence-electron chi connectivity index (χ1n) is 2.45. The van der Waals surface area contributed by atoms with E-state index in [1.165, 1.54) is 0 Å². The number of halogens is 1. The highest BCUT2D eigenvalue weighted by Crippen LogP contribution is 2.11. The molecule has 0 saturated carbocycles. The zero-order valence-corrected chi connectivity index (χ0v) is 6.07. The minimum Gasteiger partial charge on any atom is -0.507 e. The largest absolute Gasteiger partial charge is 0.507 e. The van der Waals surface area contributed by atoms with Crippen LogP contribution in [0.15, 0.2) is 35.6 Å². The minimum absolute atomic E-state index is 0.125. The summed E-state index contributed by atoms with van der Waals surface area (Å²) in [6.07, 6.45) is 1.55. The van der Waals surface area contributed by atoms with Crippen molar-refractivity contribution >= 4 is 11.6 Å². The zero-order chi connectivity index (χ0) is 7.44. The first-order valence-corrected chi connectivity index (χ1v) is 2.83. The quantitative estimate of drug-likeness (QED) is 0.467. The van der Waals surface area contributed by atoms with E-state index in [-0.39, 0.29) is 10.8 Å². The van der Waals surface area contributed by atoms with Gasteiger partial charge in [-0.2, -0.15) is 0 Å². The average Bonchev–Trinajstić information content (AvgIpc) is 1.63. The highest BCUT2D eigenvalue weighted by atomic mass is 35.5. The lowest BCUT2D eigenvalue weighted by Gasteiger charge is -1.92. The van der Waals surface area contributed by atoms with Gasteiger partial charge < -0.3 is 5.11 Å². The molecule has 0 heterocycles. The fraction of sp³-hybridized carbons (Fsp3) is 0.143. The number of aliphatic hydroxyl groups excluding tert-OH is 1. The number of hydrogen-bond donors (Lipinski definition) is 1. The number of allylic oxidation sites excluding steroid dienone is 3. The molecule has 0 aliphatic rings. The van der Waals surface area contributed by atoms with Crippen molar-refractivity contribution in [2.24, 2.45) is 0 Å². The van der Waals surface area contributed by atoms with Crippen LogP contribution >= 0.6 is 11.6 Å². The molecule has 9 heavy (non-hydrogen) atoms. The molecule has 2 heteroatoms. The number of aliphatic hydroxyl groups is 1. The van der Waals surface area contributed by atoms with Crippen LogP contribution in [0.3, 0.4) is 0 Å². The Morgan fingerprint density at radius 3 is 2.11 bits per heavy atom. The van der Waals surface area contributed by atoms with Gasteiger partial charge in [0.1, 0.15) is 5.76 Å². The summed E-state index contributed by atoms with van der Waals surface area (Å²) < 4.78 is 0. The Morgan fingerprint density at radius 2 is 2.00 bits per heavy atom. The van der Waals surface area contributed by atoms with Crippen molar-refractivity contribution in [2.45, 2.75) is 6.92 Å². The van der Waals surface area contributed by atoms with Crippen molar-refractivity contribution in [1.82, 2.24) is 0 Å². The molecule has 0 aromatic rings. The van der Waals surface area contributed by atoms with Crippen LogP contribution in [-0.2, 0) is 0 Å². The van der Waals surface area contributed by atoms with Gasteiger partial charge in [-0.15, -0.1) is 0 Å². The fourth-order valence-electron chi connectivity index (χ4n) is 0.300. The van der Waals surface area contributed by atoms with Gasteiger partial charge in [0.2, 0.25) is 0 Å². The second-order valence-electron chi connectivity index (χ2n) is 1.79. The van der Waals surface area contributed by atoms with Gasteiger partial charge in [0.25, 0.3) is 0 Å². The lowest BCUT2D eigenvalue weighted by atomic mass is 10.3. The molecule has 0 fully saturated rings. The summed E-state index contributed by atoms with van der Waals surface area (Å²) in [5.41, 5.74) is 0.787. The van der Waals surface area contributed by atoms with Crippen molar-refractivity contribution in [3.05, 3.63) is 35.6 Å². The summed E-state index contributed by atoms with van der Waals surface area (Å²) >= 11 is 5.46. The van der Waals surface area contributed by atoms with Crippen LogP contribution in [0, 0.1) is 0 Å². The van der Waals surface area contributed by atoms with E-state index in [1.807, 2.05) is 0 Å². The molecular weight excluding hydrogens is 136 g/mol. The summed E-state index contributed by atoms with van der Waals surface area (Å²) in [4.78, 5) is 0. The van der Waals surface area contributed by atoms with Crippen LogP contribution in [0.4, 0.5) is 0 Å². The van der Waals surface area contributed by atoms with Gasteiger partial charge in [0.15, 0.2) is 0 Å². The van der Waals surface area contributed by atoms with E-state index in [2.05, 4.69) is 13.2 Å². The molecule has 0 aliphatic carbocycles. The average molecular weight is 145 g/mol. The molecule has 0 radical (unpaired) electrons. The Hall–Kier alpha value is -0.690. The van der Waals surface area contributed by atoms with Crippen LogP contribution < -0.4 is 0 Å². The Morgan fingerprint density at radius 1 is 1.56 bits per heavy atom. The van der Waals surface area contributed by atoms with E-state index in [9.17, 15) is 0 Å². The van der Waals surface area contributed by atoms with E-state index >= 15 is 0 Å². The first kappa shape index (κ1) is 8.31. The van der Waals surface area contributed by atoms with Gasteiger partial charge in [-0.3, -0.25) is 0 Å². The van der Waals surface area contributed by atoms with Gasteiger partial charge in [-0.05, 0) is 13.0 Å². The van der Waals surface area contributed by atoms with E-state index in [1.54, 1.807) is 13.0 Å². The molecule has 0 aliphatic heterocycles. The monoisotopic (exact) mass is 144 g/mol. The summed E-state index contributed by atoms with van der Waals surface area (Å²) in [7, 11) is 0. The normalized spacial score (nSPS) is 11.1. The summed E-state index contributed by atoms with van der Waals surface area (Å²) in [6, 6.07) is 0. The third kappa shape index (κ3) is 3.86. The van der Waals surface area contributed by atoms with Gasteiger partial charge in [-0.25, -0.2) is 0 Å². The van der Waals surface area contributed by atoms with Gasteiger partial charge in [0.05, 0.1) is 5.03 Å². The molecule has 0 atom stereocenters. The van der Waals surface area contributed by atoms with E-state index in [0.717, 1.165) is 5.57 Å². The van der Waals surface area contributed by atoms with Crippen molar-refractivity contribution in [3.63, 3.8) is 0 Å². The SMILES string of the molecule is C=C(C)/C=C(/Cl)C(=C)O. The van der Waals surface area contributed by atoms with Crippen LogP contribution in [-0.4, -0.2) is 5.11 Å². The maximum absolute atomic E-state index is 8.63. The van der Waals surface area contributed by atoms with Gasteiger partial charge >= 0.3 is 0 Å². The predicted molar refractivity (Wildman–Crippen MR) is 40.5 cm³/mol. The molecule has 0 rings (SSSR count). The van der Waals surface area contributed by atoms with Crippen molar-refractivity contribution in [1.29, 1.82) is 0 Å². The molecule has 1 N–H and O–H groups in total. The molecule has 50 valence electrons. The molecular formula is C7H9ClO. The van der Waals surface area contributed by atoms with Crippen LogP contribution in [0.5, 0.6) is 0 Å². The molecule has 0 amide bonds. The fourth-order valence-corrected chi connectivity index (χ4v) is 0.486. The Labute approximate surface area is 60.0 Å². The minimum atomic E-state index is -0.125. The molecule has 0 aromatic carbocycles. The van der Waals surface area contributed by atoms with Gasteiger partial charge in [-0.1, -0.05) is 30.3 Å². The van der Waals surface area contributed by atoms with Crippen LogP contribution in [0.1, 0.15) is 6.92 Å². The third-order valence-corrected chi connectivity index (χ3v) is 0.976. The standard InChI is InChI=1S/C7H9ClO/c1-5(2)4-7(8)6(3)9/h4,9H,1,3H2,2H3/b7-4+. The third-order valence-electron chi connectivity index (χ3n) is 0.649. The smallest absolute Gasteiger partial charge is 0.127 e. The lowest BCUT2D eigenvalue weighted by molar-refractivity contribution is 0.432. The molecule has 0 unspecified atom stereocenters. The molecule has 0 saturated heterocycles. The molecule has 1 nitrogen and oxygen atoms in total. The Bertz CT molecular complexity index is 168. The second-order valence-corrected chi connectivity index (χ2v) is 2.19. The molecule has 0 bridgehead atoms. The zero-order valence-electron chi connectivity index (χ0n) is 5.32. The van der Waals surface area contributed by atoms with Gasteiger partial charge in [0, 0.05) is 0 Å². The number of rotatable bonds is 2. The van der Waals surface area contributed by atoms with Crippen molar-refractivity contribution in [2.75, 3.05) is 0 Å².